The van der Waals surface area contributed by atoms with Crippen LogP contribution in [0.15, 0.2) is 57.5 Å². The summed E-state index contributed by atoms with van der Waals surface area (Å²) in [6, 6.07) is 10.2. The molecule has 4 rings (SSSR count). The summed E-state index contributed by atoms with van der Waals surface area (Å²) in [6.45, 7) is 7.58. The lowest BCUT2D eigenvalue weighted by atomic mass is 9.96. The maximum atomic E-state index is 13.8. The van der Waals surface area contributed by atoms with Crippen molar-refractivity contribution in [2.75, 3.05) is 13.7 Å². The molecule has 0 saturated carbocycles. The minimum Gasteiger partial charge on any atom is -0.493 e. The molecule has 0 aliphatic carbocycles. The highest BCUT2D eigenvalue weighted by molar-refractivity contribution is 14.1. The van der Waals surface area contributed by atoms with E-state index < -0.39 is 12.0 Å². The summed E-state index contributed by atoms with van der Waals surface area (Å²) >= 11 is 10.0. The number of carbonyl (C=O) groups is 1. The van der Waals surface area contributed by atoms with Gasteiger partial charge in [0.05, 0.1) is 39.2 Å². The second kappa shape index (κ2) is 11.4. The molecule has 0 spiro atoms. The van der Waals surface area contributed by atoms with Crippen LogP contribution in [-0.4, -0.2) is 30.4 Å². The molecule has 0 unspecified atom stereocenters. The van der Waals surface area contributed by atoms with Crippen molar-refractivity contribution in [3.8, 4) is 11.5 Å². The standard InChI is InChI=1S/C27H26ClIN2O5S/c1-6-35-26(33)22-15(4)30-27-31(23(22)17-9-7-8-10-18(17)28)25(32)21(37-27)13-16-11-19(29)24(36-14(2)3)20(12-16)34-5/h7-14,23H,6H2,1-5H3/b21-13-/t23-/m0/s1. The average Bonchev–Trinajstić information content (AvgIpc) is 3.14. The fourth-order valence-corrected chi connectivity index (χ4v) is 6.15. The number of nitrogens with zero attached hydrogens (tertiary/aromatic N) is 2. The Balaban J connectivity index is 1.93. The van der Waals surface area contributed by atoms with E-state index in [2.05, 4.69) is 27.6 Å². The molecular weight excluding hydrogens is 627 g/mol. The van der Waals surface area contributed by atoms with Crippen molar-refractivity contribution in [1.82, 2.24) is 4.57 Å². The third-order valence-electron chi connectivity index (χ3n) is 5.62. The minimum atomic E-state index is -0.761. The lowest BCUT2D eigenvalue weighted by molar-refractivity contribution is -0.139. The largest absolute Gasteiger partial charge is 0.493 e. The predicted octanol–water partition coefficient (Wildman–Crippen LogP) is 4.85. The molecule has 7 nitrogen and oxygen atoms in total. The normalized spacial score (nSPS) is 15.5. The van der Waals surface area contributed by atoms with Crippen molar-refractivity contribution < 1.29 is 19.0 Å². The molecule has 0 N–H and O–H groups in total. The number of aromatic nitrogens is 1. The Morgan fingerprint density at radius 2 is 2.03 bits per heavy atom. The van der Waals surface area contributed by atoms with E-state index in [1.165, 1.54) is 15.9 Å². The Hall–Kier alpha value is -2.63. The zero-order chi connectivity index (χ0) is 26.9. The molecule has 0 radical (unpaired) electrons. The van der Waals surface area contributed by atoms with Crippen LogP contribution in [0.3, 0.4) is 0 Å². The van der Waals surface area contributed by atoms with E-state index in [9.17, 15) is 9.59 Å². The molecule has 0 saturated heterocycles. The summed E-state index contributed by atoms with van der Waals surface area (Å²) in [5.74, 6) is 0.710. The molecule has 2 aromatic carbocycles. The number of carbonyl (C=O) groups excluding carboxylic acids is 1. The van der Waals surface area contributed by atoms with Gasteiger partial charge in [-0.2, -0.15) is 0 Å². The maximum Gasteiger partial charge on any atom is 0.338 e. The summed E-state index contributed by atoms with van der Waals surface area (Å²) in [5.41, 5.74) is 1.90. The van der Waals surface area contributed by atoms with E-state index in [1.807, 2.05) is 38.1 Å². The minimum absolute atomic E-state index is 0.0152. The van der Waals surface area contributed by atoms with Crippen LogP contribution in [0.5, 0.6) is 11.5 Å². The third-order valence-corrected chi connectivity index (χ3v) is 7.75. The highest BCUT2D eigenvalue weighted by atomic mass is 127. The first kappa shape index (κ1) is 27.4. The quantitative estimate of drug-likeness (QED) is 0.270. The molecule has 0 bridgehead atoms. The highest BCUT2D eigenvalue weighted by Gasteiger charge is 2.34. The molecule has 194 valence electrons. The Labute approximate surface area is 237 Å². The van der Waals surface area contributed by atoms with Crippen LogP contribution in [0.4, 0.5) is 0 Å². The van der Waals surface area contributed by atoms with E-state index in [4.69, 9.17) is 25.8 Å². The summed E-state index contributed by atoms with van der Waals surface area (Å²) in [5, 5.41) is 0.443. The Morgan fingerprint density at radius 3 is 2.68 bits per heavy atom. The number of rotatable bonds is 7. The summed E-state index contributed by atoms with van der Waals surface area (Å²) in [6.07, 6.45) is 1.78. The fourth-order valence-electron chi connectivity index (χ4n) is 4.11. The van der Waals surface area contributed by atoms with Gasteiger partial charge in [0, 0.05) is 5.02 Å². The van der Waals surface area contributed by atoms with Crippen LogP contribution in [0.1, 0.15) is 44.9 Å². The molecule has 1 aromatic heterocycles. The highest BCUT2D eigenvalue weighted by Crippen LogP contribution is 2.36. The number of fused-ring (bicyclic) bond motifs is 1. The molecule has 1 aliphatic heterocycles. The topological polar surface area (TPSA) is 79.1 Å². The van der Waals surface area contributed by atoms with E-state index in [1.54, 1.807) is 39.2 Å². The average molecular weight is 653 g/mol. The number of hydrogen-bond acceptors (Lipinski definition) is 7. The van der Waals surface area contributed by atoms with Crippen molar-refractivity contribution in [3.05, 3.63) is 87.1 Å². The fraction of sp³-hybridized carbons (Fsp3) is 0.296. The number of esters is 1. The number of benzene rings is 2. The molecule has 0 fully saturated rings. The monoisotopic (exact) mass is 652 g/mol. The first-order chi connectivity index (χ1) is 17.7. The molecule has 1 atom stereocenters. The Morgan fingerprint density at radius 1 is 1.30 bits per heavy atom. The van der Waals surface area contributed by atoms with Crippen molar-refractivity contribution in [3.63, 3.8) is 0 Å². The zero-order valence-corrected chi connectivity index (χ0v) is 24.7. The van der Waals surface area contributed by atoms with E-state index >= 15 is 0 Å². The lowest BCUT2D eigenvalue weighted by Crippen LogP contribution is -2.40. The van der Waals surface area contributed by atoms with Crippen molar-refractivity contribution in [1.29, 1.82) is 0 Å². The van der Waals surface area contributed by atoms with Crippen molar-refractivity contribution in [2.24, 2.45) is 4.99 Å². The van der Waals surface area contributed by atoms with Gasteiger partial charge in [0.15, 0.2) is 16.3 Å². The number of ether oxygens (including phenoxy) is 3. The zero-order valence-electron chi connectivity index (χ0n) is 21.0. The van der Waals surface area contributed by atoms with Gasteiger partial charge in [-0.05, 0) is 85.7 Å². The summed E-state index contributed by atoms with van der Waals surface area (Å²) in [4.78, 5) is 31.9. The van der Waals surface area contributed by atoms with Crippen LogP contribution in [0.2, 0.25) is 5.02 Å². The van der Waals surface area contributed by atoms with Gasteiger partial charge in [-0.1, -0.05) is 41.1 Å². The SMILES string of the molecule is CCOC(=O)C1=C(C)N=c2s/c(=C\c3cc(I)c(OC(C)C)c(OC)c3)c(=O)n2[C@H]1c1ccccc1Cl. The van der Waals surface area contributed by atoms with Gasteiger partial charge in [-0.3, -0.25) is 9.36 Å². The van der Waals surface area contributed by atoms with Crippen molar-refractivity contribution in [2.45, 2.75) is 39.8 Å². The van der Waals surface area contributed by atoms with E-state index in [0.29, 0.717) is 42.7 Å². The van der Waals surface area contributed by atoms with Crippen LogP contribution in [0, 0.1) is 3.57 Å². The van der Waals surface area contributed by atoms with E-state index in [-0.39, 0.29) is 18.3 Å². The van der Waals surface area contributed by atoms with Gasteiger partial charge in [-0.15, -0.1) is 0 Å². The number of thiazole rings is 1. The lowest BCUT2D eigenvalue weighted by Gasteiger charge is -2.25. The predicted molar refractivity (Wildman–Crippen MR) is 153 cm³/mol. The summed E-state index contributed by atoms with van der Waals surface area (Å²) in [7, 11) is 1.58. The third kappa shape index (κ3) is 5.49. The summed E-state index contributed by atoms with van der Waals surface area (Å²) < 4.78 is 19.7. The maximum absolute atomic E-state index is 13.8. The Kier molecular flexibility index (Phi) is 8.45. The molecule has 3 aromatic rings. The smallest absolute Gasteiger partial charge is 0.338 e. The molecule has 1 aliphatic rings. The van der Waals surface area contributed by atoms with Gasteiger partial charge < -0.3 is 14.2 Å². The molecule has 37 heavy (non-hydrogen) atoms. The van der Waals surface area contributed by atoms with Gasteiger partial charge in [0.1, 0.15) is 6.04 Å². The molecular formula is C27H26ClIN2O5S. The van der Waals surface area contributed by atoms with Crippen LogP contribution >= 0.6 is 45.5 Å². The second-order valence-corrected chi connectivity index (χ2v) is 11.1. The molecule has 0 amide bonds. The van der Waals surface area contributed by atoms with Gasteiger partial charge in [-0.25, -0.2) is 9.79 Å². The number of halogens is 2. The van der Waals surface area contributed by atoms with E-state index in [0.717, 1.165) is 9.13 Å². The van der Waals surface area contributed by atoms with Crippen LogP contribution < -0.4 is 24.4 Å². The van der Waals surface area contributed by atoms with Crippen molar-refractivity contribution >= 4 is 57.6 Å². The Bertz CT molecular complexity index is 1570. The van der Waals surface area contributed by atoms with Gasteiger partial charge in [0.25, 0.3) is 5.56 Å². The second-order valence-electron chi connectivity index (χ2n) is 8.52. The number of methoxy groups -OCH3 is 1. The number of allylic oxidation sites excluding steroid dienone is 1. The molecule has 10 heteroatoms. The first-order valence-corrected chi connectivity index (χ1v) is 13.9. The van der Waals surface area contributed by atoms with Crippen LogP contribution in [0.25, 0.3) is 6.08 Å². The van der Waals surface area contributed by atoms with Crippen LogP contribution in [-0.2, 0) is 9.53 Å². The number of hydrogen-bond donors (Lipinski definition) is 0. The first-order valence-electron chi connectivity index (χ1n) is 11.6. The van der Waals surface area contributed by atoms with Gasteiger partial charge in [0.2, 0.25) is 0 Å². The van der Waals surface area contributed by atoms with Gasteiger partial charge >= 0.3 is 5.97 Å². The molecule has 2 heterocycles.